The van der Waals surface area contributed by atoms with Crippen molar-refractivity contribution in [1.82, 2.24) is 0 Å². The minimum atomic E-state index is -0.0748. The fourth-order valence-electron chi connectivity index (χ4n) is 9.52. The molecule has 2 aromatic rings. The van der Waals surface area contributed by atoms with Gasteiger partial charge in [0.15, 0.2) is 0 Å². The molecule has 48 heavy (non-hydrogen) atoms. The highest BCUT2D eigenvalue weighted by atomic mass is 19.1. The maximum absolute atomic E-state index is 14.9. The maximum atomic E-state index is 14.9. The molecule has 0 nitrogen and oxygen atoms in total. The average Bonchev–Trinajstić information content (AvgIpc) is 3.71. The molecule has 0 unspecified atom stereocenters. The Kier molecular flexibility index (Phi) is 18.1. The molecule has 0 aliphatic heterocycles. The van der Waals surface area contributed by atoms with Crippen LogP contribution in [0.5, 0.6) is 0 Å². The molecule has 2 aliphatic rings. The predicted octanol–water partition coefficient (Wildman–Crippen LogP) is 16.2. The Balaban J connectivity index is 1.36. The fraction of sp³-hybridized carbons (Fsp3) is 0.745. The van der Waals surface area contributed by atoms with Gasteiger partial charge in [0.05, 0.1) is 0 Å². The molecule has 0 saturated heterocycles. The Morgan fingerprint density at radius 2 is 0.938 bits per heavy atom. The summed E-state index contributed by atoms with van der Waals surface area (Å²) in [6.07, 6.45) is 41.2. The van der Waals surface area contributed by atoms with Gasteiger partial charge in [-0.25, -0.2) is 4.39 Å². The van der Waals surface area contributed by atoms with Gasteiger partial charge in [-0.05, 0) is 84.0 Å². The van der Waals surface area contributed by atoms with Gasteiger partial charge in [-0.15, -0.1) is 0 Å². The normalized spacial score (nSPS) is 15.3. The number of hydrogen-bond donors (Lipinski definition) is 0. The van der Waals surface area contributed by atoms with Crippen molar-refractivity contribution in [2.24, 2.45) is 0 Å². The summed E-state index contributed by atoms with van der Waals surface area (Å²) in [5, 5.41) is 0. The second-order valence-corrected chi connectivity index (χ2v) is 16.3. The van der Waals surface area contributed by atoms with Crippen LogP contribution in [-0.2, 0) is 5.41 Å². The lowest BCUT2D eigenvalue weighted by molar-refractivity contribution is 0.396. The van der Waals surface area contributed by atoms with Crippen LogP contribution < -0.4 is 0 Å². The Labute approximate surface area is 297 Å². The quantitative estimate of drug-likeness (QED) is 0.0838. The minimum Gasteiger partial charge on any atom is -0.207 e. The lowest BCUT2D eigenvalue weighted by Gasteiger charge is -2.33. The standard InChI is InChI=1S/C47H75F/c1-4-6-8-10-12-14-16-18-20-22-24-28-34-47(35-29-25-23-21-19-17-15-13-11-9-7-5-2)45-33-32-41(48)37-43(45)44-38-42(39(3)36-46(44)47)40-30-26-27-31-40/h32-33,36-38,40H,4-31,34-35H2,1-3H3. The van der Waals surface area contributed by atoms with Crippen LogP contribution in [0.3, 0.4) is 0 Å². The fourth-order valence-corrected chi connectivity index (χ4v) is 9.52. The third-order valence-electron chi connectivity index (χ3n) is 12.4. The Hall–Kier alpha value is -1.63. The highest BCUT2D eigenvalue weighted by Crippen LogP contribution is 2.56. The second kappa shape index (κ2) is 22.2. The molecule has 0 atom stereocenters. The summed E-state index contributed by atoms with van der Waals surface area (Å²) >= 11 is 0. The molecule has 0 bridgehead atoms. The van der Waals surface area contributed by atoms with E-state index in [1.54, 1.807) is 11.6 Å². The molecule has 1 heteroatoms. The van der Waals surface area contributed by atoms with E-state index in [2.05, 4.69) is 39.0 Å². The average molecular weight is 659 g/mol. The van der Waals surface area contributed by atoms with Crippen LogP contribution in [0.4, 0.5) is 4.39 Å². The molecule has 2 aromatic carbocycles. The molecule has 0 spiro atoms. The van der Waals surface area contributed by atoms with Crippen LogP contribution in [0, 0.1) is 12.7 Å². The van der Waals surface area contributed by atoms with Crippen molar-refractivity contribution in [3.8, 4) is 11.1 Å². The summed E-state index contributed by atoms with van der Waals surface area (Å²) in [5.74, 6) is 0.615. The first-order valence-corrected chi connectivity index (χ1v) is 21.6. The summed E-state index contributed by atoms with van der Waals surface area (Å²) in [7, 11) is 0. The molecular formula is C47H75F. The van der Waals surface area contributed by atoms with Gasteiger partial charge in [0.2, 0.25) is 0 Å². The number of halogens is 1. The molecule has 4 rings (SSSR count). The highest BCUT2D eigenvalue weighted by Gasteiger charge is 2.43. The summed E-state index contributed by atoms with van der Waals surface area (Å²) < 4.78 is 14.9. The van der Waals surface area contributed by atoms with Gasteiger partial charge in [0.1, 0.15) is 5.82 Å². The van der Waals surface area contributed by atoms with E-state index in [-0.39, 0.29) is 11.2 Å². The van der Waals surface area contributed by atoms with Crippen LogP contribution in [-0.4, -0.2) is 0 Å². The van der Waals surface area contributed by atoms with Crippen LogP contribution in [0.25, 0.3) is 11.1 Å². The molecule has 0 N–H and O–H groups in total. The zero-order valence-electron chi connectivity index (χ0n) is 32.1. The van der Waals surface area contributed by atoms with E-state index >= 15 is 0 Å². The number of hydrogen-bond acceptors (Lipinski definition) is 0. The molecule has 2 aliphatic carbocycles. The monoisotopic (exact) mass is 659 g/mol. The lowest BCUT2D eigenvalue weighted by Crippen LogP contribution is -2.26. The molecule has 0 amide bonds. The molecule has 270 valence electrons. The van der Waals surface area contributed by atoms with Gasteiger partial charge < -0.3 is 0 Å². The van der Waals surface area contributed by atoms with Crippen LogP contribution >= 0.6 is 0 Å². The van der Waals surface area contributed by atoms with Crippen LogP contribution in [0.1, 0.15) is 235 Å². The summed E-state index contributed by atoms with van der Waals surface area (Å²) in [4.78, 5) is 0. The molecule has 0 heterocycles. The van der Waals surface area contributed by atoms with E-state index in [0.717, 1.165) is 0 Å². The molecule has 1 saturated carbocycles. The van der Waals surface area contributed by atoms with Gasteiger partial charge in [-0.3, -0.25) is 0 Å². The van der Waals surface area contributed by atoms with Crippen molar-refractivity contribution in [2.45, 2.75) is 225 Å². The first-order chi connectivity index (χ1) is 23.6. The summed E-state index contributed by atoms with van der Waals surface area (Å²) in [6, 6.07) is 11.0. The van der Waals surface area contributed by atoms with Gasteiger partial charge in [-0.1, -0.05) is 199 Å². The second-order valence-electron chi connectivity index (χ2n) is 16.3. The van der Waals surface area contributed by atoms with Crippen molar-refractivity contribution >= 4 is 0 Å². The highest BCUT2D eigenvalue weighted by molar-refractivity contribution is 5.82. The van der Waals surface area contributed by atoms with Crippen LogP contribution in [0.2, 0.25) is 0 Å². The van der Waals surface area contributed by atoms with Crippen molar-refractivity contribution in [3.05, 3.63) is 58.4 Å². The van der Waals surface area contributed by atoms with E-state index in [4.69, 9.17) is 0 Å². The SMILES string of the molecule is CCCCCCCCCCCCCCC1(CCCCCCCCCCCCCC)c2ccc(F)cc2-c2cc(C3CCCC3)c(C)cc21. The van der Waals surface area contributed by atoms with Gasteiger partial charge in [0.25, 0.3) is 0 Å². The van der Waals surface area contributed by atoms with E-state index in [9.17, 15) is 4.39 Å². The van der Waals surface area contributed by atoms with Crippen molar-refractivity contribution in [1.29, 1.82) is 0 Å². The third kappa shape index (κ3) is 11.7. The van der Waals surface area contributed by atoms with Crippen molar-refractivity contribution in [3.63, 3.8) is 0 Å². The van der Waals surface area contributed by atoms with Crippen molar-refractivity contribution in [2.75, 3.05) is 0 Å². The first-order valence-electron chi connectivity index (χ1n) is 21.6. The van der Waals surface area contributed by atoms with Gasteiger partial charge in [-0.2, -0.15) is 0 Å². The summed E-state index contributed by atoms with van der Waals surface area (Å²) in [5.41, 5.74) is 8.64. The Bertz CT molecular complexity index is 1130. The van der Waals surface area contributed by atoms with Crippen molar-refractivity contribution < 1.29 is 4.39 Å². The van der Waals surface area contributed by atoms with Gasteiger partial charge >= 0.3 is 0 Å². The lowest BCUT2D eigenvalue weighted by atomic mass is 9.70. The molecule has 0 radical (unpaired) electrons. The topological polar surface area (TPSA) is 0 Å². The van der Waals surface area contributed by atoms with Crippen LogP contribution in [0.15, 0.2) is 30.3 Å². The molecule has 0 aromatic heterocycles. The minimum absolute atomic E-state index is 0.0499. The number of fused-ring (bicyclic) bond motifs is 3. The number of benzene rings is 2. The molecule has 1 fully saturated rings. The zero-order chi connectivity index (χ0) is 33.9. The largest absolute Gasteiger partial charge is 0.207 e. The van der Waals surface area contributed by atoms with E-state index in [1.807, 2.05) is 6.07 Å². The van der Waals surface area contributed by atoms with Gasteiger partial charge in [0, 0.05) is 5.41 Å². The Morgan fingerprint density at radius 3 is 1.40 bits per heavy atom. The van der Waals surface area contributed by atoms with E-state index in [1.165, 1.54) is 220 Å². The van der Waals surface area contributed by atoms with E-state index in [0.29, 0.717) is 5.92 Å². The number of aryl methyl sites for hydroxylation is 1. The number of rotatable bonds is 27. The summed E-state index contributed by atoms with van der Waals surface area (Å²) in [6.45, 7) is 6.98. The maximum Gasteiger partial charge on any atom is 0.123 e. The Morgan fingerprint density at radius 1 is 0.521 bits per heavy atom. The molecular weight excluding hydrogens is 584 g/mol. The van der Waals surface area contributed by atoms with E-state index < -0.39 is 0 Å². The predicted molar refractivity (Wildman–Crippen MR) is 210 cm³/mol. The zero-order valence-corrected chi connectivity index (χ0v) is 32.1. The number of unbranched alkanes of at least 4 members (excludes halogenated alkanes) is 22. The first kappa shape index (κ1) is 39.2. The third-order valence-corrected chi connectivity index (χ3v) is 12.4. The smallest absolute Gasteiger partial charge is 0.123 e.